The van der Waals surface area contributed by atoms with Crippen molar-refractivity contribution >= 4 is 68.1 Å². The van der Waals surface area contributed by atoms with E-state index in [4.69, 9.17) is 4.74 Å². The third-order valence-corrected chi connectivity index (χ3v) is 12.5. The first-order valence-corrected chi connectivity index (χ1v) is 17.0. The van der Waals surface area contributed by atoms with Gasteiger partial charge in [-0.2, -0.15) is 0 Å². The number of halogens is 1. The summed E-state index contributed by atoms with van der Waals surface area (Å²) in [5, 5.41) is 3.72. The van der Waals surface area contributed by atoms with Crippen LogP contribution in [0.3, 0.4) is 0 Å². The molecule has 4 aliphatic rings. The van der Waals surface area contributed by atoms with Gasteiger partial charge in [0.05, 0.1) is 22.5 Å². The average molecular weight is 689 g/mol. The number of amides is 3. The second-order valence-corrected chi connectivity index (χ2v) is 14.8. The average Bonchev–Trinajstić information content (AvgIpc) is 3.76. The number of nitrogens with zero attached hydrogens (tertiary/aromatic N) is 1. The van der Waals surface area contributed by atoms with Crippen molar-refractivity contribution in [3.8, 4) is 5.75 Å². The lowest BCUT2D eigenvalue weighted by Crippen LogP contribution is -2.42. The summed E-state index contributed by atoms with van der Waals surface area (Å²) in [6.45, 7) is -0.189. The number of benzene rings is 3. The van der Waals surface area contributed by atoms with E-state index in [0.29, 0.717) is 17.1 Å². The monoisotopic (exact) mass is 687 g/mol. The van der Waals surface area contributed by atoms with Crippen LogP contribution in [0.15, 0.2) is 93.2 Å². The highest BCUT2D eigenvalue weighted by Crippen LogP contribution is 2.69. The molecule has 8 rings (SSSR count). The van der Waals surface area contributed by atoms with Crippen molar-refractivity contribution in [1.29, 1.82) is 0 Å². The maximum atomic E-state index is 14.0. The fourth-order valence-electron chi connectivity index (χ4n) is 7.95. The zero-order chi connectivity index (χ0) is 30.1. The summed E-state index contributed by atoms with van der Waals surface area (Å²) in [5.41, 5.74) is 2.16. The van der Waals surface area contributed by atoms with Crippen LogP contribution >= 0.6 is 39.0 Å². The van der Waals surface area contributed by atoms with E-state index in [-0.39, 0.29) is 64.0 Å². The number of para-hydroxylation sites is 2. The highest BCUT2D eigenvalue weighted by molar-refractivity contribution is 9.10. The number of fused-ring (bicyclic) bond motifs is 9. The number of imide groups is 1. The molecule has 2 N–H and O–H groups in total. The Morgan fingerprint density at radius 2 is 1.66 bits per heavy atom. The number of ether oxygens (including phenoxy) is 1. The van der Waals surface area contributed by atoms with Crippen LogP contribution in [0.25, 0.3) is 0 Å². The lowest BCUT2D eigenvalue weighted by molar-refractivity contribution is -0.123. The van der Waals surface area contributed by atoms with Gasteiger partial charge in [-0.1, -0.05) is 63.7 Å². The molecule has 11 heteroatoms. The van der Waals surface area contributed by atoms with Gasteiger partial charge >= 0.3 is 4.87 Å². The van der Waals surface area contributed by atoms with Gasteiger partial charge in [0.25, 0.3) is 5.91 Å². The molecule has 3 fully saturated rings. The van der Waals surface area contributed by atoms with Gasteiger partial charge < -0.3 is 15.0 Å². The maximum Gasteiger partial charge on any atom is 0.305 e. The molecule has 7 atom stereocenters. The number of anilines is 2. The van der Waals surface area contributed by atoms with Gasteiger partial charge in [0.15, 0.2) is 6.61 Å². The molecule has 1 aromatic heterocycles. The minimum Gasteiger partial charge on any atom is -0.483 e. The van der Waals surface area contributed by atoms with Crippen LogP contribution in [-0.2, 0) is 14.4 Å². The number of aromatic nitrogens is 1. The molecule has 1 saturated heterocycles. The maximum absolute atomic E-state index is 14.0. The van der Waals surface area contributed by atoms with Gasteiger partial charge in [0.2, 0.25) is 11.8 Å². The standard InChI is InChI=1S/C33H26BrN3O5S2/c34-16-11-12-22(42-15-23(38)35-17-7-3-1-4-8-17)19(13-16)24-25-20-14-21(28(25)43-30-29(24)44-33(41)36-30)27-26(20)31(39)37(32(27)40)18-9-5-2-6-10-18/h1-13,20-21,24-28H,14-15H2,(H,35,38)(H,36,41)/t20-,21-,24+,25-,26+,27+,28-/m1/s1. The predicted molar refractivity (Wildman–Crippen MR) is 172 cm³/mol. The van der Waals surface area contributed by atoms with Gasteiger partial charge in [-0.25, -0.2) is 0 Å². The summed E-state index contributed by atoms with van der Waals surface area (Å²) in [5.74, 6) is -0.995. The SMILES string of the molecule is O=C(COc1ccc(Br)cc1[C@@H]1c2sc(=O)[nH]c2S[C@@H]2[C@@H]3C[C@@H]([C@@H]4C(=O)N(c5ccccc5)C(=O)[C@@H]34)[C@H]12)Nc1ccccc1. The molecule has 0 spiro atoms. The highest BCUT2D eigenvalue weighted by atomic mass is 79.9. The number of nitrogens with one attached hydrogen (secondary N) is 2. The molecule has 3 aromatic carbocycles. The fraction of sp³-hybridized carbons (Fsp3) is 0.273. The zero-order valence-electron chi connectivity index (χ0n) is 23.1. The van der Waals surface area contributed by atoms with Crippen LogP contribution in [0.4, 0.5) is 11.4 Å². The summed E-state index contributed by atoms with van der Waals surface area (Å²) in [6.07, 6.45) is 0.789. The minimum atomic E-state index is -0.401. The highest BCUT2D eigenvalue weighted by Gasteiger charge is 2.69. The number of carbonyl (C=O) groups is 3. The Balaban J connectivity index is 1.16. The van der Waals surface area contributed by atoms with E-state index in [9.17, 15) is 19.2 Å². The van der Waals surface area contributed by atoms with Crippen LogP contribution < -0.4 is 19.8 Å². The Labute approximate surface area is 269 Å². The van der Waals surface area contributed by atoms with E-state index in [2.05, 4.69) is 26.2 Å². The molecule has 0 unspecified atom stereocenters. The number of hydrogen-bond acceptors (Lipinski definition) is 7. The minimum absolute atomic E-state index is 0.00692. The summed E-state index contributed by atoms with van der Waals surface area (Å²) in [4.78, 5) is 58.5. The van der Waals surface area contributed by atoms with E-state index in [1.165, 1.54) is 16.2 Å². The van der Waals surface area contributed by atoms with Crippen molar-refractivity contribution in [3.05, 3.63) is 103 Å². The predicted octanol–water partition coefficient (Wildman–Crippen LogP) is 5.89. The van der Waals surface area contributed by atoms with Gasteiger partial charge in [0.1, 0.15) is 5.75 Å². The Morgan fingerprint density at radius 3 is 2.41 bits per heavy atom. The molecule has 4 aromatic rings. The fourth-order valence-corrected chi connectivity index (χ4v) is 11.2. The third-order valence-electron chi connectivity index (χ3n) is 9.46. The number of aromatic amines is 1. The Kier molecular flexibility index (Phi) is 6.80. The second kappa shape index (κ2) is 10.7. The molecule has 44 heavy (non-hydrogen) atoms. The third kappa shape index (κ3) is 4.39. The Bertz CT molecular complexity index is 1860. The quantitative estimate of drug-likeness (QED) is 0.245. The molecule has 8 nitrogen and oxygen atoms in total. The van der Waals surface area contributed by atoms with Crippen LogP contribution in [0, 0.1) is 29.6 Å². The molecule has 3 heterocycles. The molecule has 3 amide bonds. The molecular weight excluding hydrogens is 662 g/mol. The second-order valence-electron chi connectivity index (χ2n) is 11.7. The smallest absolute Gasteiger partial charge is 0.305 e. The summed E-state index contributed by atoms with van der Waals surface area (Å²) in [7, 11) is 0. The van der Waals surface area contributed by atoms with E-state index in [1.807, 2.05) is 78.9 Å². The van der Waals surface area contributed by atoms with Gasteiger partial charge in [-0.3, -0.25) is 24.1 Å². The molecule has 2 aliphatic heterocycles. The number of H-pyrrole nitrogens is 1. The van der Waals surface area contributed by atoms with Crippen molar-refractivity contribution in [2.24, 2.45) is 29.6 Å². The summed E-state index contributed by atoms with van der Waals surface area (Å²) < 4.78 is 7.02. The first-order valence-electron chi connectivity index (χ1n) is 14.5. The first kappa shape index (κ1) is 27.8. The van der Waals surface area contributed by atoms with Gasteiger partial charge in [0, 0.05) is 31.8 Å². The normalized spacial score (nSPS) is 28.0. The number of thiazole rings is 1. The zero-order valence-corrected chi connectivity index (χ0v) is 26.4. The van der Waals surface area contributed by atoms with Gasteiger partial charge in [-0.15, -0.1) is 11.8 Å². The van der Waals surface area contributed by atoms with Crippen LogP contribution in [0.1, 0.15) is 22.8 Å². The number of rotatable bonds is 6. The van der Waals surface area contributed by atoms with Crippen LogP contribution in [0.5, 0.6) is 5.75 Å². The van der Waals surface area contributed by atoms with Crippen LogP contribution in [0.2, 0.25) is 0 Å². The number of carbonyl (C=O) groups excluding carboxylic acids is 3. The molecular formula is C33H26BrN3O5S2. The summed E-state index contributed by atoms with van der Waals surface area (Å²) in [6, 6.07) is 24.1. The lowest BCUT2D eigenvalue weighted by Gasteiger charge is -2.43. The molecule has 222 valence electrons. The van der Waals surface area contributed by atoms with E-state index >= 15 is 0 Å². The topological polar surface area (TPSA) is 109 Å². The van der Waals surface area contributed by atoms with Crippen molar-refractivity contribution in [2.75, 3.05) is 16.8 Å². The molecule has 0 radical (unpaired) electrons. The van der Waals surface area contributed by atoms with E-state index in [1.54, 1.807) is 11.8 Å². The van der Waals surface area contributed by atoms with E-state index < -0.39 is 5.92 Å². The van der Waals surface area contributed by atoms with Crippen molar-refractivity contribution in [3.63, 3.8) is 0 Å². The van der Waals surface area contributed by atoms with Crippen molar-refractivity contribution in [1.82, 2.24) is 4.98 Å². The van der Waals surface area contributed by atoms with E-state index in [0.717, 1.165) is 26.4 Å². The van der Waals surface area contributed by atoms with Crippen LogP contribution in [-0.4, -0.2) is 34.6 Å². The lowest BCUT2D eigenvalue weighted by atomic mass is 9.68. The number of thioether (sulfide) groups is 1. The largest absolute Gasteiger partial charge is 0.483 e. The van der Waals surface area contributed by atoms with Gasteiger partial charge in [-0.05, 0) is 66.6 Å². The first-order chi connectivity index (χ1) is 21.4. The Morgan fingerprint density at radius 1 is 0.955 bits per heavy atom. The summed E-state index contributed by atoms with van der Waals surface area (Å²) >= 11 is 6.47. The molecule has 2 saturated carbocycles. The molecule has 2 bridgehead atoms. The Hall–Kier alpha value is -3.67. The van der Waals surface area contributed by atoms with Crippen molar-refractivity contribution < 1.29 is 19.1 Å². The van der Waals surface area contributed by atoms with Crippen molar-refractivity contribution in [2.45, 2.75) is 22.6 Å². The number of hydrogen-bond donors (Lipinski definition) is 2. The molecule has 2 aliphatic carbocycles.